The number of carbonyl (C=O) groups is 3. The Hall–Kier alpha value is -3.48. The van der Waals surface area contributed by atoms with Crippen molar-refractivity contribution in [3.8, 4) is 0 Å². The van der Waals surface area contributed by atoms with Gasteiger partial charge in [-0.25, -0.2) is 9.18 Å². The fraction of sp³-hybridized carbons (Fsp3) is 0.150. The number of amides is 2. The number of rotatable bonds is 6. The summed E-state index contributed by atoms with van der Waals surface area (Å²) in [6.45, 7) is 2.60. The summed E-state index contributed by atoms with van der Waals surface area (Å²) in [5.41, 5.74) is 0.535. The van der Waals surface area contributed by atoms with Gasteiger partial charge in [-0.05, 0) is 30.7 Å². The Kier molecular flexibility index (Phi) is 6.82. The van der Waals surface area contributed by atoms with Gasteiger partial charge in [0, 0.05) is 6.92 Å². The highest BCUT2D eigenvalue weighted by Gasteiger charge is 2.22. The summed E-state index contributed by atoms with van der Waals surface area (Å²) in [7, 11) is 0. The van der Waals surface area contributed by atoms with Crippen LogP contribution in [-0.4, -0.2) is 23.9 Å². The fourth-order valence-corrected chi connectivity index (χ4v) is 2.13. The largest absolute Gasteiger partial charge is 0.448 e. The van der Waals surface area contributed by atoms with E-state index in [1.807, 2.05) is 6.07 Å². The van der Waals surface area contributed by atoms with E-state index in [9.17, 15) is 18.8 Å². The average molecular weight is 370 g/mol. The Morgan fingerprint density at radius 1 is 1.04 bits per heavy atom. The number of carbonyl (C=O) groups excluding carboxylic acids is 3. The van der Waals surface area contributed by atoms with Gasteiger partial charge >= 0.3 is 5.97 Å². The predicted molar refractivity (Wildman–Crippen MR) is 98.8 cm³/mol. The first-order valence-corrected chi connectivity index (χ1v) is 8.17. The molecule has 0 aliphatic heterocycles. The molecule has 27 heavy (non-hydrogen) atoms. The van der Waals surface area contributed by atoms with Crippen molar-refractivity contribution in [3.05, 3.63) is 71.7 Å². The minimum atomic E-state index is -1.20. The smallest absolute Gasteiger partial charge is 0.355 e. The molecule has 0 aromatic heterocycles. The summed E-state index contributed by atoms with van der Waals surface area (Å²) < 4.78 is 18.7. The van der Waals surface area contributed by atoms with Crippen LogP contribution in [0.25, 0.3) is 6.08 Å². The summed E-state index contributed by atoms with van der Waals surface area (Å²) in [6, 6.07) is 14.5. The van der Waals surface area contributed by atoms with Gasteiger partial charge in [-0.2, -0.15) is 0 Å². The SMILES string of the molecule is CC(=O)N/C(=C\c1ccccc1)C(=O)OC(C)C(=O)Nc1ccccc1F. The molecule has 2 aromatic carbocycles. The fourth-order valence-electron chi connectivity index (χ4n) is 2.13. The van der Waals surface area contributed by atoms with Crippen LogP contribution in [0.1, 0.15) is 19.4 Å². The molecular formula is C20H19FN2O4. The van der Waals surface area contributed by atoms with E-state index in [1.165, 1.54) is 38.1 Å². The molecule has 0 spiro atoms. The van der Waals surface area contributed by atoms with Crippen molar-refractivity contribution < 1.29 is 23.5 Å². The highest BCUT2D eigenvalue weighted by molar-refractivity contribution is 6.00. The van der Waals surface area contributed by atoms with Crippen molar-refractivity contribution in [2.45, 2.75) is 20.0 Å². The van der Waals surface area contributed by atoms with Gasteiger partial charge in [-0.1, -0.05) is 42.5 Å². The zero-order valence-corrected chi connectivity index (χ0v) is 14.9. The van der Waals surface area contributed by atoms with Gasteiger partial charge in [-0.15, -0.1) is 0 Å². The van der Waals surface area contributed by atoms with Crippen LogP contribution in [0.2, 0.25) is 0 Å². The number of hydrogen-bond donors (Lipinski definition) is 2. The Balaban J connectivity index is 2.09. The maximum atomic E-state index is 13.6. The highest BCUT2D eigenvalue weighted by Crippen LogP contribution is 2.14. The molecular weight excluding hydrogens is 351 g/mol. The number of hydrogen-bond acceptors (Lipinski definition) is 4. The first kappa shape index (κ1) is 19.8. The summed E-state index contributed by atoms with van der Waals surface area (Å²) in [4.78, 5) is 35.9. The third-order valence-corrected chi connectivity index (χ3v) is 3.43. The van der Waals surface area contributed by atoms with E-state index in [1.54, 1.807) is 30.3 Å². The van der Waals surface area contributed by atoms with Gasteiger partial charge in [-0.3, -0.25) is 9.59 Å². The lowest BCUT2D eigenvalue weighted by Gasteiger charge is -2.15. The van der Waals surface area contributed by atoms with Crippen LogP contribution in [0.4, 0.5) is 10.1 Å². The zero-order valence-electron chi connectivity index (χ0n) is 14.9. The van der Waals surface area contributed by atoms with Crippen LogP contribution >= 0.6 is 0 Å². The summed E-state index contributed by atoms with van der Waals surface area (Å²) in [6.07, 6.45) is 0.232. The van der Waals surface area contributed by atoms with Crippen LogP contribution in [0, 0.1) is 5.82 Å². The van der Waals surface area contributed by atoms with Crippen molar-refractivity contribution in [1.82, 2.24) is 5.32 Å². The number of benzene rings is 2. The molecule has 0 fully saturated rings. The monoisotopic (exact) mass is 370 g/mol. The number of anilines is 1. The Morgan fingerprint density at radius 2 is 1.67 bits per heavy atom. The van der Waals surface area contributed by atoms with E-state index in [4.69, 9.17) is 4.74 Å². The average Bonchev–Trinajstić information content (AvgIpc) is 2.63. The number of nitrogens with one attached hydrogen (secondary N) is 2. The molecule has 140 valence electrons. The van der Waals surface area contributed by atoms with Crippen molar-refractivity contribution in [1.29, 1.82) is 0 Å². The molecule has 0 aliphatic rings. The van der Waals surface area contributed by atoms with E-state index in [-0.39, 0.29) is 11.4 Å². The number of esters is 1. The van der Waals surface area contributed by atoms with Gasteiger partial charge in [0.1, 0.15) is 11.5 Å². The quantitative estimate of drug-likeness (QED) is 0.605. The zero-order chi connectivity index (χ0) is 19.8. The molecule has 0 saturated carbocycles. The van der Waals surface area contributed by atoms with Gasteiger partial charge in [0.2, 0.25) is 5.91 Å². The Labute approximate surface area is 156 Å². The minimum Gasteiger partial charge on any atom is -0.448 e. The maximum Gasteiger partial charge on any atom is 0.355 e. The van der Waals surface area contributed by atoms with Crippen LogP contribution in [0.15, 0.2) is 60.3 Å². The van der Waals surface area contributed by atoms with E-state index in [0.717, 1.165) is 0 Å². The van der Waals surface area contributed by atoms with E-state index in [0.29, 0.717) is 5.56 Å². The highest BCUT2D eigenvalue weighted by atomic mass is 19.1. The molecule has 6 nitrogen and oxygen atoms in total. The third-order valence-electron chi connectivity index (χ3n) is 3.43. The van der Waals surface area contributed by atoms with Gasteiger partial charge < -0.3 is 15.4 Å². The number of ether oxygens (including phenoxy) is 1. The summed E-state index contributed by atoms with van der Waals surface area (Å²) in [5.74, 6) is -2.65. The second-order valence-electron chi connectivity index (χ2n) is 5.67. The second-order valence-corrected chi connectivity index (χ2v) is 5.67. The summed E-state index contributed by atoms with van der Waals surface area (Å²) in [5, 5.41) is 4.73. The molecule has 0 bridgehead atoms. The molecule has 2 N–H and O–H groups in total. The van der Waals surface area contributed by atoms with Crippen molar-refractivity contribution >= 4 is 29.5 Å². The van der Waals surface area contributed by atoms with Gasteiger partial charge in [0.15, 0.2) is 6.10 Å². The molecule has 2 amide bonds. The molecule has 1 unspecified atom stereocenters. The predicted octanol–water partition coefficient (Wildman–Crippen LogP) is 2.87. The molecule has 0 saturated heterocycles. The van der Waals surface area contributed by atoms with Crippen molar-refractivity contribution in [2.24, 2.45) is 0 Å². The molecule has 2 rings (SSSR count). The molecule has 2 aromatic rings. The maximum absolute atomic E-state index is 13.6. The van der Waals surface area contributed by atoms with Crippen LogP contribution in [-0.2, 0) is 19.1 Å². The Bertz CT molecular complexity index is 865. The molecule has 0 aliphatic carbocycles. The van der Waals surface area contributed by atoms with Crippen molar-refractivity contribution in [2.75, 3.05) is 5.32 Å². The topological polar surface area (TPSA) is 84.5 Å². The minimum absolute atomic E-state index is 0.0210. The van der Waals surface area contributed by atoms with E-state index in [2.05, 4.69) is 10.6 Å². The standard InChI is InChI=1S/C20H19FN2O4/c1-13(19(25)23-17-11-7-6-10-16(17)21)27-20(26)18(22-14(2)24)12-15-8-4-3-5-9-15/h3-13H,1-2H3,(H,22,24)(H,23,25)/b18-12-. The lowest BCUT2D eigenvalue weighted by Crippen LogP contribution is -2.34. The number of halogens is 1. The first-order chi connectivity index (χ1) is 12.9. The molecule has 1 atom stereocenters. The lowest BCUT2D eigenvalue weighted by atomic mass is 10.2. The molecule has 0 radical (unpaired) electrons. The van der Waals surface area contributed by atoms with Crippen LogP contribution in [0.5, 0.6) is 0 Å². The number of para-hydroxylation sites is 1. The van der Waals surface area contributed by atoms with Gasteiger partial charge in [0.05, 0.1) is 5.69 Å². The van der Waals surface area contributed by atoms with Crippen LogP contribution in [0.3, 0.4) is 0 Å². The molecule has 7 heteroatoms. The lowest BCUT2D eigenvalue weighted by molar-refractivity contribution is -0.149. The second kappa shape index (κ2) is 9.28. The first-order valence-electron chi connectivity index (χ1n) is 8.17. The third kappa shape index (κ3) is 6.07. The van der Waals surface area contributed by atoms with Gasteiger partial charge in [0.25, 0.3) is 5.91 Å². The normalized spacial score (nSPS) is 12.0. The van der Waals surface area contributed by atoms with E-state index >= 15 is 0 Å². The van der Waals surface area contributed by atoms with Crippen molar-refractivity contribution in [3.63, 3.8) is 0 Å². The Morgan fingerprint density at radius 3 is 2.30 bits per heavy atom. The molecule has 0 heterocycles. The van der Waals surface area contributed by atoms with Crippen LogP contribution < -0.4 is 10.6 Å². The summed E-state index contributed by atoms with van der Waals surface area (Å²) >= 11 is 0. The van der Waals surface area contributed by atoms with E-state index < -0.39 is 29.7 Å².